The van der Waals surface area contributed by atoms with Gasteiger partial charge in [-0.1, -0.05) is 19.9 Å². The zero-order chi connectivity index (χ0) is 9.14. The van der Waals surface area contributed by atoms with Crippen LogP contribution in [0.4, 0.5) is 0 Å². The van der Waals surface area contributed by atoms with Crippen LogP contribution < -0.4 is 0 Å². The van der Waals surface area contributed by atoms with Crippen molar-refractivity contribution in [2.45, 2.75) is 38.9 Å². The third kappa shape index (κ3) is 1.85. The van der Waals surface area contributed by atoms with Gasteiger partial charge in [-0.2, -0.15) is 0 Å². The van der Waals surface area contributed by atoms with Crippen molar-refractivity contribution in [1.29, 1.82) is 0 Å². The number of ether oxygens (including phenoxy) is 1. The summed E-state index contributed by atoms with van der Waals surface area (Å²) in [4.78, 5) is 10.4. The highest BCUT2D eigenvalue weighted by atomic mass is 16.6. The standard InChI is InChI=1S/C7H8O3.C2H6/c8-7(9)4-1-2-5-6(3-4)10-5;1-2/h1,5-6H,2-3H2,(H,8,9);1-2H3. The maximum Gasteiger partial charge on any atom is 0.331 e. The predicted octanol–water partition coefficient (Wildman–Crippen LogP) is 1.58. The second-order valence-corrected chi connectivity index (χ2v) is 2.69. The SMILES string of the molecule is CC.O=C(O)C1=CCC2OC2C1. The molecule has 1 aliphatic heterocycles. The van der Waals surface area contributed by atoms with Crippen LogP contribution in [0.25, 0.3) is 0 Å². The van der Waals surface area contributed by atoms with E-state index in [0.717, 1.165) is 6.42 Å². The molecule has 0 aromatic rings. The lowest BCUT2D eigenvalue weighted by Gasteiger charge is -2.02. The Morgan fingerprint density at radius 3 is 2.75 bits per heavy atom. The maximum absolute atomic E-state index is 10.4. The number of hydrogen-bond acceptors (Lipinski definition) is 2. The van der Waals surface area contributed by atoms with E-state index in [0.29, 0.717) is 18.1 Å². The molecule has 3 heteroatoms. The fraction of sp³-hybridized carbons (Fsp3) is 0.667. The number of rotatable bonds is 1. The molecule has 0 aromatic heterocycles. The van der Waals surface area contributed by atoms with Crippen molar-refractivity contribution in [2.24, 2.45) is 0 Å². The Morgan fingerprint density at radius 2 is 2.25 bits per heavy atom. The zero-order valence-electron chi connectivity index (χ0n) is 7.41. The molecule has 0 spiro atoms. The molecule has 0 bridgehead atoms. The van der Waals surface area contributed by atoms with E-state index in [1.54, 1.807) is 6.08 Å². The molecule has 1 heterocycles. The van der Waals surface area contributed by atoms with Gasteiger partial charge in [0.15, 0.2) is 0 Å². The predicted molar refractivity (Wildman–Crippen MR) is 45.0 cm³/mol. The summed E-state index contributed by atoms with van der Waals surface area (Å²) in [6, 6.07) is 0. The molecule has 0 radical (unpaired) electrons. The molecule has 0 aromatic carbocycles. The third-order valence-corrected chi connectivity index (χ3v) is 1.98. The van der Waals surface area contributed by atoms with Crippen LogP contribution in [-0.4, -0.2) is 23.3 Å². The van der Waals surface area contributed by atoms with Gasteiger partial charge in [-0.05, 0) is 6.42 Å². The van der Waals surface area contributed by atoms with Crippen molar-refractivity contribution in [3.05, 3.63) is 11.6 Å². The Labute approximate surface area is 72.0 Å². The zero-order valence-corrected chi connectivity index (χ0v) is 7.41. The van der Waals surface area contributed by atoms with Crippen LogP contribution in [0.1, 0.15) is 26.7 Å². The lowest BCUT2D eigenvalue weighted by Crippen LogP contribution is -2.09. The van der Waals surface area contributed by atoms with Gasteiger partial charge in [0.2, 0.25) is 0 Å². The summed E-state index contributed by atoms with van der Waals surface area (Å²) in [6.45, 7) is 4.00. The van der Waals surface area contributed by atoms with Gasteiger partial charge in [0.1, 0.15) is 0 Å². The summed E-state index contributed by atoms with van der Waals surface area (Å²) in [5, 5.41) is 8.55. The Hall–Kier alpha value is -0.830. The van der Waals surface area contributed by atoms with Crippen LogP contribution >= 0.6 is 0 Å². The monoisotopic (exact) mass is 170 g/mol. The van der Waals surface area contributed by atoms with E-state index in [1.165, 1.54) is 0 Å². The average Bonchev–Trinajstić information content (AvgIpc) is 2.84. The Morgan fingerprint density at radius 1 is 1.58 bits per heavy atom. The van der Waals surface area contributed by atoms with Crippen LogP contribution in [0.15, 0.2) is 11.6 Å². The molecule has 2 aliphatic rings. The van der Waals surface area contributed by atoms with Gasteiger partial charge >= 0.3 is 5.97 Å². The minimum absolute atomic E-state index is 0.219. The molecule has 12 heavy (non-hydrogen) atoms. The molecule has 1 saturated heterocycles. The van der Waals surface area contributed by atoms with E-state index in [4.69, 9.17) is 9.84 Å². The molecular formula is C9H14O3. The molecule has 0 amide bonds. The van der Waals surface area contributed by atoms with Crippen molar-refractivity contribution < 1.29 is 14.6 Å². The lowest BCUT2D eigenvalue weighted by atomic mass is 10.0. The summed E-state index contributed by atoms with van der Waals surface area (Å²) in [7, 11) is 0. The van der Waals surface area contributed by atoms with E-state index in [9.17, 15) is 4.79 Å². The lowest BCUT2D eigenvalue weighted by molar-refractivity contribution is -0.132. The second kappa shape index (κ2) is 3.72. The molecular weight excluding hydrogens is 156 g/mol. The highest BCUT2D eigenvalue weighted by Crippen LogP contribution is 2.35. The second-order valence-electron chi connectivity index (χ2n) is 2.69. The number of epoxide rings is 1. The van der Waals surface area contributed by atoms with Gasteiger partial charge in [0.05, 0.1) is 12.2 Å². The highest BCUT2D eigenvalue weighted by Gasteiger charge is 2.41. The van der Waals surface area contributed by atoms with E-state index in [1.807, 2.05) is 13.8 Å². The fourth-order valence-electron chi connectivity index (χ4n) is 1.30. The van der Waals surface area contributed by atoms with E-state index in [2.05, 4.69) is 0 Å². The van der Waals surface area contributed by atoms with Crippen LogP contribution in [0, 0.1) is 0 Å². The van der Waals surface area contributed by atoms with E-state index < -0.39 is 5.97 Å². The summed E-state index contributed by atoms with van der Waals surface area (Å²) in [5.41, 5.74) is 0.513. The largest absolute Gasteiger partial charge is 0.478 e. The molecule has 68 valence electrons. The third-order valence-electron chi connectivity index (χ3n) is 1.98. The van der Waals surface area contributed by atoms with E-state index in [-0.39, 0.29) is 6.10 Å². The topological polar surface area (TPSA) is 49.8 Å². The summed E-state index contributed by atoms with van der Waals surface area (Å²) in [5.74, 6) is -0.797. The average molecular weight is 170 g/mol. The van der Waals surface area contributed by atoms with Crippen molar-refractivity contribution in [3.63, 3.8) is 0 Å². The van der Waals surface area contributed by atoms with Crippen LogP contribution in [0.2, 0.25) is 0 Å². The number of aliphatic carboxylic acids is 1. The molecule has 1 aliphatic carbocycles. The first-order valence-corrected chi connectivity index (χ1v) is 4.35. The summed E-state index contributed by atoms with van der Waals surface area (Å²) < 4.78 is 5.14. The smallest absolute Gasteiger partial charge is 0.331 e. The van der Waals surface area contributed by atoms with Crippen molar-refractivity contribution in [1.82, 2.24) is 0 Å². The number of carboxylic acid groups (broad SMARTS) is 1. The van der Waals surface area contributed by atoms with Crippen LogP contribution in [0.5, 0.6) is 0 Å². The number of carbonyl (C=O) groups is 1. The van der Waals surface area contributed by atoms with Crippen molar-refractivity contribution in [2.75, 3.05) is 0 Å². The van der Waals surface area contributed by atoms with Gasteiger partial charge < -0.3 is 9.84 Å². The minimum atomic E-state index is -0.797. The van der Waals surface area contributed by atoms with Gasteiger partial charge in [-0.3, -0.25) is 0 Å². The quantitative estimate of drug-likeness (QED) is 0.608. The Bertz CT molecular complexity index is 208. The van der Waals surface area contributed by atoms with Gasteiger partial charge in [-0.15, -0.1) is 0 Å². The van der Waals surface area contributed by atoms with Gasteiger partial charge in [0, 0.05) is 12.0 Å². The molecule has 2 rings (SSSR count). The highest BCUT2D eigenvalue weighted by molar-refractivity contribution is 5.87. The number of fused-ring (bicyclic) bond motifs is 1. The number of carboxylic acids is 1. The first kappa shape index (κ1) is 9.26. The summed E-state index contributed by atoms with van der Waals surface area (Å²) >= 11 is 0. The molecule has 2 unspecified atom stereocenters. The van der Waals surface area contributed by atoms with Crippen molar-refractivity contribution >= 4 is 5.97 Å². The molecule has 2 atom stereocenters. The normalized spacial score (nSPS) is 30.7. The molecule has 1 fully saturated rings. The Balaban J connectivity index is 0.000000336. The minimum Gasteiger partial charge on any atom is -0.478 e. The number of hydrogen-bond donors (Lipinski definition) is 1. The van der Waals surface area contributed by atoms with E-state index >= 15 is 0 Å². The van der Waals surface area contributed by atoms with Crippen molar-refractivity contribution in [3.8, 4) is 0 Å². The molecule has 3 nitrogen and oxygen atoms in total. The fourth-order valence-corrected chi connectivity index (χ4v) is 1.30. The maximum atomic E-state index is 10.4. The molecule has 0 saturated carbocycles. The summed E-state index contributed by atoms with van der Waals surface area (Å²) in [6.07, 6.45) is 3.70. The first-order valence-electron chi connectivity index (χ1n) is 4.35. The Kier molecular flexibility index (Phi) is 2.87. The van der Waals surface area contributed by atoms with Crippen LogP contribution in [0.3, 0.4) is 0 Å². The van der Waals surface area contributed by atoms with Crippen LogP contribution in [-0.2, 0) is 9.53 Å². The first-order chi connectivity index (χ1) is 5.77. The van der Waals surface area contributed by atoms with Gasteiger partial charge in [0.25, 0.3) is 0 Å². The molecule has 1 N–H and O–H groups in total. The van der Waals surface area contributed by atoms with Gasteiger partial charge in [-0.25, -0.2) is 4.79 Å².